The molecule has 84 valence electrons. The van der Waals surface area contributed by atoms with Gasteiger partial charge in [0.1, 0.15) is 5.82 Å². The first-order valence-corrected chi connectivity index (χ1v) is 4.28. The van der Waals surface area contributed by atoms with E-state index in [0.29, 0.717) is 6.07 Å². The number of aliphatic hydroxyl groups excluding tert-OH is 1. The monoisotopic (exact) mass is 228 g/mol. The van der Waals surface area contributed by atoms with Crippen LogP contribution < -0.4 is 0 Å². The molecule has 0 amide bonds. The van der Waals surface area contributed by atoms with Crippen molar-refractivity contribution < 1.29 is 28.2 Å². The fourth-order valence-electron chi connectivity index (χ4n) is 1.49. The predicted octanol–water partition coefficient (Wildman–Crippen LogP) is 1.83. The van der Waals surface area contributed by atoms with Crippen molar-refractivity contribution in [2.75, 3.05) is 0 Å². The van der Waals surface area contributed by atoms with E-state index < -0.39 is 29.3 Å². The number of carboxylic acid groups (broad SMARTS) is 1. The van der Waals surface area contributed by atoms with Gasteiger partial charge >= 0.3 is 5.97 Å². The van der Waals surface area contributed by atoms with Gasteiger partial charge in [0.2, 0.25) is 0 Å². The molecular formula is C10H6F2O4. The molecule has 0 spiro atoms. The molecular weight excluding hydrogens is 222 g/mol. The topological polar surface area (TPSA) is 70.7 Å². The van der Waals surface area contributed by atoms with Gasteiger partial charge in [0.05, 0.1) is 6.26 Å². The molecule has 0 bridgehead atoms. The standard InChI is InChI=1S/C10H6F2O4/c11-5-3-6(12)9-4(1-2-16-9)7(5)8(13)10(14)15/h1-3,8,13H,(H,14,15). The largest absolute Gasteiger partial charge is 0.479 e. The van der Waals surface area contributed by atoms with Crippen LogP contribution in [0.1, 0.15) is 11.7 Å². The van der Waals surface area contributed by atoms with Crippen molar-refractivity contribution in [1.29, 1.82) is 0 Å². The van der Waals surface area contributed by atoms with Crippen LogP contribution >= 0.6 is 0 Å². The zero-order chi connectivity index (χ0) is 11.9. The molecule has 0 fully saturated rings. The highest BCUT2D eigenvalue weighted by atomic mass is 19.1. The molecule has 0 saturated heterocycles. The second-order valence-corrected chi connectivity index (χ2v) is 3.16. The number of carboxylic acids is 1. The van der Waals surface area contributed by atoms with E-state index in [0.717, 1.165) is 6.26 Å². The third-order valence-corrected chi connectivity index (χ3v) is 2.19. The van der Waals surface area contributed by atoms with Crippen LogP contribution in [0.5, 0.6) is 0 Å². The second kappa shape index (κ2) is 3.57. The summed E-state index contributed by atoms with van der Waals surface area (Å²) in [5, 5.41) is 17.8. The third kappa shape index (κ3) is 1.43. The molecule has 1 unspecified atom stereocenters. The van der Waals surface area contributed by atoms with E-state index in [1.165, 1.54) is 6.07 Å². The Labute approximate surface area is 87.7 Å². The average Bonchev–Trinajstić information content (AvgIpc) is 2.66. The van der Waals surface area contributed by atoms with Gasteiger partial charge in [-0.15, -0.1) is 0 Å². The Balaban J connectivity index is 2.77. The molecule has 4 nitrogen and oxygen atoms in total. The van der Waals surface area contributed by atoms with Crippen LogP contribution in [-0.2, 0) is 4.79 Å². The summed E-state index contributed by atoms with van der Waals surface area (Å²) >= 11 is 0. The Kier molecular flexibility index (Phi) is 2.35. The number of aliphatic hydroxyl groups is 1. The molecule has 1 aromatic carbocycles. The SMILES string of the molecule is O=C(O)C(O)c1c(F)cc(F)c2occc12. The maximum atomic E-state index is 13.4. The van der Waals surface area contributed by atoms with Gasteiger partial charge in [0.15, 0.2) is 17.5 Å². The Morgan fingerprint density at radius 3 is 2.69 bits per heavy atom. The lowest BCUT2D eigenvalue weighted by molar-refractivity contribution is -0.147. The summed E-state index contributed by atoms with van der Waals surface area (Å²) in [5.74, 6) is -3.69. The number of benzene rings is 1. The minimum atomic E-state index is -2.05. The normalized spacial score (nSPS) is 12.9. The van der Waals surface area contributed by atoms with E-state index in [1.54, 1.807) is 0 Å². The Hall–Kier alpha value is -1.95. The highest BCUT2D eigenvalue weighted by Crippen LogP contribution is 2.30. The van der Waals surface area contributed by atoms with Crippen LogP contribution in [0.3, 0.4) is 0 Å². The van der Waals surface area contributed by atoms with Crippen LogP contribution in [0, 0.1) is 11.6 Å². The molecule has 2 rings (SSSR count). The predicted molar refractivity (Wildman–Crippen MR) is 48.7 cm³/mol. The van der Waals surface area contributed by atoms with E-state index in [1.807, 2.05) is 0 Å². The van der Waals surface area contributed by atoms with Gasteiger partial charge in [-0.3, -0.25) is 0 Å². The Morgan fingerprint density at radius 2 is 2.06 bits per heavy atom. The molecule has 2 N–H and O–H groups in total. The maximum absolute atomic E-state index is 13.4. The first kappa shape index (κ1) is 10.6. The fourth-order valence-corrected chi connectivity index (χ4v) is 1.49. The van der Waals surface area contributed by atoms with Gasteiger partial charge in [0, 0.05) is 17.0 Å². The van der Waals surface area contributed by atoms with Crippen molar-refractivity contribution in [3.8, 4) is 0 Å². The number of rotatable bonds is 2. The van der Waals surface area contributed by atoms with Crippen molar-refractivity contribution in [3.05, 3.63) is 35.6 Å². The molecule has 2 aromatic rings. The molecule has 0 radical (unpaired) electrons. The van der Waals surface area contributed by atoms with Crippen molar-refractivity contribution in [2.24, 2.45) is 0 Å². The Bertz CT molecular complexity index is 561. The molecule has 1 atom stereocenters. The second-order valence-electron chi connectivity index (χ2n) is 3.16. The van der Waals surface area contributed by atoms with Crippen LogP contribution in [0.15, 0.2) is 22.8 Å². The molecule has 16 heavy (non-hydrogen) atoms. The molecule has 6 heteroatoms. The van der Waals surface area contributed by atoms with Gasteiger partial charge in [-0.1, -0.05) is 0 Å². The number of halogens is 2. The number of hydrogen-bond donors (Lipinski definition) is 2. The van der Waals surface area contributed by atoms with Gasteiger partial charge in [-0.05, 0) is 6.07 Å². The van der Waals surface area contributed by atoms with Crippen LogP contribution in [-0.4, -0.2) is 16.2 Å². The van der Waals surface area contributed by atoms with E-state index >= 15 is 0 Å². The molecule has 0 saturated carbocycles. The third-order valence-electron chi connectivity index (χ3n) is 2.19. The summed E-state index contributed by atoms with van der Waals surface area (Å²) in [6.07, 6.45) is -0.966. The molecule has 1 heterocycles. The minimum absolute atomic E-state index is 0.0904. The zero-order valence-electron chi connectivity index (χ0n) is 7.78. The van der Waals surface area contributed by atoms with Crippen molar-refractivity contribution in [1.82, 2.24) is 0 Å². The van der Waals surface area contributed by atoms with Gasteiger partial charge in [0.25, 0.3) is 0 Å². The van der Waals surface area contributed by atoms with Crippen molar-refractivity contribution in [2.45, 2.75) is 6.10 Å². The zero-order valence-corrected chi connectivity index (χ0v) is 7.78. The van der Waals surface area contributed by atoms with Crippen LogP contribution in [0.2, 0.25) is 0 Å². The highest BCUT2D eigenvalue weighted by molar-refractivity contribution is 5.87. The lowest BCUT2D eigenvalue weighted by atomic mass is 10.0. The molecule has 1 aromatic heterocycles. The molecule has 0 aliphatic carbocycles. The average molecular weight is 228 g/mol. The van der Waals surface area contributed by atoms with E-state index in [2.05, 4.69) is 0 Å². The summed E-state index contributed by atoms with van der Waals surface area (Å²) in [6.45, 7) is 0. The summed E-state index contributed by atoms with van der Waals surface area (Å²) in [6, 6.07) is 1.68. The Morgan fingerprint density at radius 1 is 1.38 bits per heavy atom. The molecule has 0 aliphatic heterocycles. The number of fused-ring (bicyclic) bond motifs is 1. The van der Waals surface area contributed by atoms with Crippen LogP contribution in [0.4, 0.5) is 8.78 Å². The summed E-state index contributed by atoms with van der Waals surface area (Å²) in [5.41, 5.74) is -0.783. The lowest BCUT2D eigenvalue weighted by Crippen LogP contribution is -2.12. The van der Waals surface area contributed by atoms with Gasteiger partial charge < -0.3 is 14.6 Å². The number of hydrogen-bond acceptors (Lipinski definition) is 3. The van der Waals surface area contributed by atoms with Crippen molar-refractivity contribution in [3.63, 3.8) is 0 Å². The van der Waals surface area contributed by atoms with Gasteiger partial charge in [-0.25, -0.2) is 13.6 Å². The highest BCUT2D eigenvalue weighted by Gasteiger charge is 2.25. The number of furan rings is 1. The summed E-state index contributed by atoms with van der Waals surface area (Å²) in [7, 11) is 0. The fraction of sp³-hybridized carbons (Fsp3) is 0.100. The smallest absolute Gasteiger partial charge is 0.337 e. The first-order chi connectivity index (χ1) is 7.52. The summed E-state index contributed by atoms with van der Waals surface area (Å²) in [4.78, 5) is 10.6. The van der Waals surface area contributed by atoms with Crippen molar-refractivity contribution >= 4 is 16.9 Å². The van der Waals surface area contributed by atoms with E-state index in [4.69, 9.17) is 9.52 Å². The van der Waals surface area contributed by atoms with Crippen LogP contribution in [0.25, 0.3) is 11.0 Å². The maximum Gasteiger partial charge on any atom is 0.337 e. The summed E-state index contributed by atoms with van der Waals surface area (Å²) < 4.78 is 31.3. The number of aliphatic carboxylic acids is 1. The first-order valence-electron chi connectivity index (χ1n) is 4.28. The molecule has 0 aliphatic rings. The quantitative estimate of drug-likeness (QED) is 0.822. The van der Waals surface area contributed by atoms with E-state index in [-0.39, 0.29) is 11.0 Å². The number of carbonyl (C=O) groups is 1. The lowest BCUT2D eigenvalue weighted by Gasteiger charge is -2.08. The minimum Gasteiger partial charge on any atom is -0.479 e. The van der Waals surface area contributed by atoms with Gasteiger partial charge in [-0.2, -0.15) is 0 Å². The van der Waals surface area contributed by atoms with E-state index in [9.17, 15) is 18.7 Å².